The van der Waals surface area contributed by atoms with E-state index in [1.165, 1.54) is 36.7 Å². The molecule has 3 rings (SSSR count). The molecule has 0 amide bonds. The Kier molecular flexibility index (Phi) is 5.72. The van der Waals surface area contributed by atoms with E-state index in [9.17, 15) is 27.6 Å². The molecule has 2 heterocycles. The molecule has 0 aliphatic heterocycles. The average molecular weight is 425 g/mol. The van der Waals surface area contributed by atoms with Crippen LogP contribution in [0.15, 0.2) is 39.9 Å². The number of alkyl halides is 3. The van der Waals surface area contributed by atoms with Crippen molar-refractivity contribution in [3.63, 3.8) is 0 Å². The van der Waals surface area contributed by atoms with Crippen LogP contribution >= 0.6 is 0 Å². The van der Waals surface area contributed by atoms with Crippen molar-refractivity contribution in [2.45, 2.75) is 26.3 Å². The first kappa shape index (κ1) is 21.2. The minimum atomic E-state index is -4.83. The molecule has 30 heavy (non-hydrogen) atoms. The lowest BCUT2D eigenvalue weighted by atomic mass is 10.1. The highest BCUT2D eigenvalue weighted by atomic mass is 19.4. The van der Waals surface area contributed by atoms with E-state index in [4.69, 9.17) is 4.74 Å². The highest BCUT2D eigenvalue weighted by Crippen LogP contribution is 2.28. The number of hydrogen-bond acceptors (Lipinski definition) is 5. The van der Waals surface area contributed by atoms with Gasteiger partial charge in [-0.25, -0.2) is 4.79 Å². The fraction of sp³-hybridized carbons (Fsp3) is 0.316. The number of hydrogen-bond donors (Lipinski definition) is 1. The van der Waals surface area contributed by atoms with Gasteiger partial charge in [-0.05, 0) is 24.6 Å². The van der Waals surface area contributed by atoms with Crippen molar-refractivity contribution in [3.8, 4) is 17.0 Å². The summed E-state index contributed by atoms with van der Waals surface area (Å²) in [4.78, 5) is 39.0. The molecule has 3 aromatic rings. The van der Waals surface area contributed by atoms with E-state index in [1.807, 2.05) is 0 Å². The number of H-pyrrole nitrogens is 1. The first-order valence-electron chi connectivity index (χ1n) is 8.89. The van der Waals surface area contributed by atoms with Gasteiger partial charge < -0.3 is 14.5 Å². The third-order valence-electron chi connectivity index (χ3n) is 4.35. The minimum absolute atomic E-state index is 0.0397. The van der Waals surface area contributed by atoms with Gasteiger partial charge >= 0.3 is 18.0 Å². The molecular weight excluding hydrogens is 407 g/mol. The summed E-state index contributed by atoms with van der Waals surface area (Å²) in [5.41, 5.74) is -0.0106. The minimum Gasteiger partial charge on any atom is -0.466 e. The maximum atomic E-state index is 12.8. The molecule has 0 spiro atoms. The number of esters is 1. The number of benzene rings is 1. The Morgan fingerprint density at radius 2 is 1.93 bits per heavy atom. The number of fused-ring (bicyclic) bond motifs is 1. The molecular formula is C19H18F3N3O5. The zero-order chi connectivity index (χ0) is 22.1. The maximum Gasteiger partial charge on any atom is 0.573 e. The van der Waals surface area contributed by atoms with Gasteiger partial charge in [-0.3, -0.25) is 18.7 Å². The first-order valence-corrected chi connectivity index (χ1v) is 8.89. The van der Waals surface area contributed by atoms with Crippen molar-refractivity contribution >= 4 is 17.0 Å². The first-order chi connectivity index (χ1) is 14.1. The summed E-state index contributed by atoms with van der Waals surface area (Å²) in [6.07, 6.45) is -4.56. The Morgan fingerprint density at radius 3 is 2.60 bits per heavy atom. The van der Waals surface area contributed by atoms with Crippen LogP contribution in [0, 0.1) is 0 Å². The number of carbonyl (C=O) groups is 1. The summed E-state index contributed by atoms with van der Waals surface area (Å²) in [6.45, 7) is 1.36. The molecule has 0 unspecified atom stereocenters. The van der Waals surface area contributed by atoms with E-state index >= 15 is 0 Å². The van der Waals surface area contributed by atoms with Gasteiger partial charge in [0.15, 0.2) is 0 Å². The number of nitrogens with zero attached hydrogens (tertiary/aromatic N) is 2. The third kappa shape index (κ3) is 4.56. The van der Waals surface area contributed by atoms with Gasteiger partial charge in [0, 0.05) is 31.8 Å². The number of ether oxygens (including phenoxy) is 2. The van der Waals surface area contributed by atoms with E-state index in [2.05, 4.69) is 9.72 Å². The average Bonchev–Trinajstić information content (AvgIpc) is 3.10. The highest BCUT2D eigenvalue weighted by molar-refractivity contribution is 5.82. The molecule has 0 fully saturated rings. The number of aromatic amines is 1. The molecule has 11 heteroatoms. The summed E-state index contributed by atoms with van der Waals surface area (Å²) in [6, 6.07) is 6.77. The number of rotatable bonds is 6. The van der Waals surface area contributed by atoms with Crippen molar-refractivity contribution < 1.29 is 27.4 Å². The topological polar surface area (TPSA) is 95.3 Å². The van der Waals surface area contributed by atoms with E-state index in [0.29, 0.717) is 16.8 Å². The lowest BCUT2D eigenvalue weighted by molar-refractivity contribution is -0.274. The highest BCUT2D eigenvalue weighted by Gasteiger charge is 2.31. The number of aryl methyl sites for hydroxylation is 1. The summed E-state index contributed by atoms with van der Waals surface area (Å²) in [7, 11) is 1.48. The predicted molar refractivity (Wildman–Crippen MR) is 101 cm³/mol. The van der Waals surface area contributed by atoms with E-state index in [1.54, 1.807) is 6.07 Å². The van der Waals surface area contributed by atoms with Gasteiger partial charge in [0.1, 0.15) is 11.3 Å². The number of aromatic nitrogens is 3. The van der Waals surface area contributed by atoms with Gasteiger partial charge in [0.2, 0.25) is 0 Å². The van der Waals surface area contributed by atoms with Crippen LogP contribution < -0.4 is 16.0 Å². The summed E-state index contributed by atoms with van der Waals surface area (Å²) < 4.78 is 48.4. The standard InChI is InChI=1S/C19H18F3N3O5/c1-11(26)29-8-4-7-25-17(27)16-15(24(2)18(25)28)10-14(23-16)12-5-3-6-13(9-12)30-19(20,21)22/h3,5-6,9-10,23H,4,7-8H2,1-2H3. The molecule has 0 saturated heterocycles. The van der Waals surface area contributed by atoms with Crippen LogP contribution in [-0.4, -0.2) is 33.1 Å². The second-order valence-electron chi connectivity index (χ2n) is 6.51. The van der Waals surface area contributed by atoms with E-state index in [-0.39, 0.29) is 25.1 Å². The third-order valence-corrected chi connectivity index (χ3v) is 4.35. The molecule has 0 aliphatic carbocycles. The Hall–Kier alpha value is -3.50. The van der Waals surface area contributed by atoms with Gasteiger partial charge in [-0.1, -0.05) is 12.1 Å². The quantitative estimate of drug-likeness (QED) is 0.484. The van der Waals surface area contributed by atoms with Gasteiger partial charge in [-0.2, -0.15) is 0 Å². The van der Waals surface area contributed by atoms with Crippen molar-refractivity contribution in [1.82, 2.24) is 14.1 Å². The Labute approximate surface area is 167 Å². The smallest absolute Gasteiger partial charge is 0.466 e. The molecule has 160 valence electrons. The normalized spacial score (nSPS) is 11.6. The maximum absolute atomic E-state index is 12.8. The van der Waals surface area contributed by atoms with Crippen LogP contribution in [0.5, 0.6) is 5.75 Å². The van der Waals surface area contributed by atoms with Crippen molar-refractivity contribution in [2.24, 2.45) is 7.05 Å². The number of nitrogens with one attached hydrogen (secondary N) is 1. The van der Waals surface area contributed by atoms with E-state index in [0.717, 1.165) is 10.6 Å². The van der Waals surface area contributed by atoms with Crippen molar-refractivity contribution in [1.29, 1.82) is 0 Å². The number of halogens is 3. The molecule has 0 aliphatic rings. The molecule has 2 aromatic heterocycles. The fourth-order valence-electron chi connectivity index (χ4n) is 3.03. The van der Waals surface area contributed by atoms with Crippen LogP contribution in [0.25, 0.3) is 22.3 Å². The van der Waals surface area contributed by atoms with Crippen molar-refractivity contribution in [3.05, 3.63) is 51.2 Å². The molecule has 0 saturated carbocycles. The Balaban J connectivity index is 1.99. The van der Waals surface area contributed by atoms with Gasteiger partial charge in [0.05, 0.1) is 12.1 Å². The van der Waals surface area contributed by atoms with Crippen LogP contribution in [0.3, 0.4) is 0 Å². The van der Waals surface area contributed by atoms with Crippen LogP contribution in [0.4, 0.5) is 13.2 Å². The van der Waals surface area contributed by atoms with Crippen LogP contribution in [0.2, 0.25) is 0 Å². The second-order valence-corrected chi connectivity index (χ2v) is 6.51. The molecule has 0 radical (unpaired) electrons. The van der Waals surface area contributed by atoms with Gasteiger partial charge in [0.25, 0.3) is 5.56 Å². The molecule has 1 aromatic carbocycles. The summed E-state index contributed by atoms with van der Waals surface area (Å²) in [5.74, 6) is -0.869. The largest absolute Gasteiger partial charge is 0.573 e. The predicted octanol–water partition coefficient (Wildman–Crippen LogP) is 2.55. The van der Waals surface area contributed by atoms with Crippen LogP contribution in [-0.2, 0) is 23.1 Å². The lowest BCUT2D eigenvalue weighted by Crippen LogP contribution is -2.39. The monoisotopic (exact) mass is 425 g/mol. The lowest BCUT2D eigenvalue weighted by Gasteiger charge is -2.09. The molecule has 0 bridgehead atoms. The van der Waals surface area contributed by atoms with E-state index < -0.39 is 29.3 Å². The zero-order valence-corrected chi connectivity index (χ0v) is 16.1. The Bertz CT molecular complexity index is 1210. The zero-order valence-electron chi connectivity index (χ0n) is 16.1. The second kappa shape index (κ2) is 8.09. The van der Waals surface area contributed by atoms with Crippen molar-refractivity contribution in [2.75, 3.05) is 6.61 Å². The SMILES string of the molecule is CC(=O)OCCCn1c(=O)c2[nH]c(-c3cccc(OC(F)(F)F)c3)cc2n(C)c1=O. The Morgan fingerprint density at radius 1 is 1.20 bits per heavy atom. The van der Waals surface area contributed by atoms with Gasteiger partial charge in [-0.15, -0.1) is 13.2 Å². The van der Waals surface area contributed by atoms with Crippen LogP contribution in [0.1, 0.15) is 13.3 Å². The molecule has 0 atom stereocenters. The fourth-order valence-corrected chi connectivity index (χ4v) is 3.03. The molecule has 8 nitrogen and oxygen atoms in total. The summed E-state index contributed by atoms with van der Waals surface area (Å²) in [5, 5.41) is 0. The summed E-state index contributed by atoms with van der Waals surface area (Å²) >= 11 is 0. The molecule has 1 N–H and O–H groups in total. The number of carbonyl (C=O) groups excluding carboxylic acids is 1.